The van der Waals surface area contributed by atoms with Crippen LogP contribution in [0.2, 0.25) is 0 Å². The highest BCUT2D eigenvalue weighted by Crippen LogP contribution is 2.32. The summed E-state index contributed by atoms with van der Waals surface area (Å²) in [6.45, 7) is 0.622. The highest BCUT2D eigenvalue weighted by Gasteiger charge is 2.38. The fraction of sp³-hybridized carbons (Fsp3) is 0.444. The second-order valence-corrected chi connectivity index (χ2v) is 3.33. The van der Waals surface area contributed by atoms with E-state index in [-0.39, 0.29) is 5.54 Å². The molecule has 1 heterocycles. The summed E-state index contributed by atoms with van der Waals surface area (Å²) in [5.41, 5.74) is 5.82. The van der Waals surface area contributed by atoms with Crippen molar-refractivity contribution in [3.05, 3.63) is 24.5 Å². The molecule has 0 atom stereocenters. The number of aromatic nitrogens is 1. The van der Waals surface area contributed by atoms with Crippen molar-refractivity contribution >= 4 is 0 Å². The predicted molar refractivity (Wildman–Crippen MR) is 45.9 cm³/mol. The Labute approximate surface area is 71.6 Å². The highest BCUT2D eigenvalue weighted by molar-refractivity contribution is 5.17. The van der Waals surface area contributed by atoms with Crippen molar-refractivity contribution in [1.82, 2.24) is 4.98 Å². The summed E-state index contributed by atoms with van der Waals surface area (Å²) in [5, 5.41) is 0. The first-order chi connectivity index (χ1) is 5.79. The highest BCUT2D eigenvalue weighted by atomic mass is 16.5. The van der Waals surface area contributed by atoms with Crippen molar-refractivity contribution in [1.29, 1.82) is 0 Å². The summed E-state index contributed by atoms with van der Waals surface area (Å²) >= 11 is 0. The summed E-state index contributed by atoms with van der Waals surface area (Å²) in [6.07, 6.45) is 5.59. The Kier molecular flexibility index (Phi) is 1.73. The largest absolute Gasteiger partial charge is 0.492 e. The van der Waals surface area contributed by atoms with E-state index in [1.807, 2.05) is 12.1 Å². The average Bonchev–Trinajstić information content (AvgIpc) is 2.84. The zero-order valence-corrected chi connectivity index (χ0v) is 6.86. The first kappa shape index (κ1) is 7.55. The van der Waals surface area contributed by atoms with Crippen LogP contribution >= 0.6 is 0 Å². The molecular formula is C9H12N2O. The lowest BCUT2D eigenvalue weighted by molar-refractivity contribution is 0.279. The standard InChI is InChI=1S/C9H12N2O/c10-9(3-4-9)7-12-8-1-5-11-6-2-8/h1-2,5-6H,3-4,7,10H2. The Hall–Kier alpha value is -1.09. The van der Waals surface area contributed by atoms with Crippen LogP contribution in [0.15, 0.2) is 24.5 Å². The minimum absolute atomic E-state index is 0.0384. The van der Waals surface area contributed by atoms with E-state index in [0.717, 1.165) is 18.6 Å². The molecule has 1 aliphatic carbocycles. The molecule has 3 heteroatoms. The zero-order valence-electron chi connectivity index (χ0n) is 6.86. The molecule has 0 aliphatic heterocycles. The van der Waals surface area contributed by atoms with Crippen LogP contribution in [0.25, 0.3) is 0 Å². The Bertz CT molecular complexity index is 256. The topological polar surface area (TPSA) is 48.1 Å². The van der Waals surface area contributed by atoms with Crippen molar-refractivity contribution < 1.29 is 4.74 Å². The number of ether oxygens (including phenoxy) is 1. The first-order valence-electron chi connectivity index (χ1n) is 4.10. The van der Waals surface area contributed by atoms with Crippen LogP contribution in [-0.4, -0.2) is 17.1 Å². The van der Waals surface area contributed by atoms with Gasteiger partial charge in [0.2, 0.25) is 0 Å². The van der Waals surface area contributed by atoms with Crippen LogP contribution in [0, 0.1) is 0 Å². The molecule has 0 amide bonds. The summed E-state index contributed by atoms with van der Waals surface area (Å²) in [5.74, 6) is 0.849. The van der Waals surface area contributed by atoms with Gasteiger partial charge in [-0.15, -0.1) is 0 Å². The van der Waals surface area contributed by atoms with E-state index >= 15 is 0 Å². The van der Waals surface area contributed by atoms with Gasteiger partial charge in [0.25, 0.3) is 0 Å². The van der Waals surface area contributed by atoms with Crippen molar-refractivity contribution in [2.75, 3.05) is 6.61 Å². The van der Waals surface area contributed by atoms with Gasteiger partial charge in [-0.05, 0) is 25.0 Å². The summed E-state index contributed by atoms with van der Waals surface area (Å²) < 4.78 is 5.47. The monoisotopic (exact) mass is 164 g/mol. The van der Waals surface area contributed by atoms with E-state index in [4.69, 9.17) is 10.5 Å². The normalized spacial score (nSPS) is 18.8. The van der Waals surface area contributed by atoms with Gasteiger partial charge in [-0.3, -0.25) is 4.98 Å². The number of rotatable bonds is 3. The maximum Gasteiger partial charge on any atom is 0.122 e. The second-order valence-electron chi connectivity index (χ2n) is 3.33. The summed E-state index contributed by atoms with van der Waals surface area (Å²) in [6, 6.07) is 3.68. The van der Waals surface area contributed by atoms with E-state index in [2.05, 4.69) is 4.98 Å². The van der Waals surface area contributed by atoms with Crippen molar-refractivity contribution in [3.63, 3.8) is 0 Å². The average molecular weight is 164 g/mol. The second kappa shape index (κ2) is 2.75. The molecule has 2 N–H and O–H groups in total. The lowest BCUT2D eigenvalue weighted by Crippen LogP contribution is -2.29. The molecule has 64 valence electrons. The van der Waals surface area contributed by atoms with Crippen LogP contribution in [0.1, 0.15) is 12.8 Å². The molecule has 12 heavy (non-hydrogen) atoms. The number of hydrogen-bond donors (Lipinski definition) is 1. The molecule has 0 aromatic carbocycles. The van der Waals surface area contributed by atoms with Gasteiger partial charge in [0.1, 0.15) is 12.4 Å². The maximum atomic E-state index is 5.85. The van der Waals surface area contributed by atoms with Gasteiger partial charge >= 0.3 is 0 Å². The lowest BCUT2D eigenvalue weighted by Gasteiger charge is -2.10. The third-order valence-electron chi connectivity index (χ3n) is 2.07. The molecule has 1 aliphatic rings. The SMILES string of the molecule is NC1(COc2ccncc2)CC1. The van der Waals surface area contributed by atoms with Gasteiger partial charge in [0.05, 0.1) is 5.54 Å². The smallest absolute Gasteiger partial charge is 0.122 e. The number of nitrogens with two attached hydrogens (primary N) is 1. The molecular weight excluding hydrogens is 152 g/mol. The molecule has 0 radical (unpaired) electrons. The van der Waals surface area contributed by atoms with Crippen LogP contribution < -0.4 is 10.5 Å². The third kappa shape index (κ3) is 1.74. The van der Waals surface area contributed by atoms with Gasteiger partial charge in [-0.2, -0.15) is 0 Å². The quantitative estimate of drug-likeness (QED) is 0.723. The van der Waals surface area contributed by atoms with Crippen molar-refractivity contribution in [3.8, 4) is 5.75 Å². The molecule has 1 saturated carbocycles. The Balaban J connectivity index is 1.88. The summed E-state index contributed by atoms with van der Waals surface area (Å²) in [4.78, 5) is 3.89. The first-order valence-corrected chi connectivity index (χ1v) is 4.10. The number of nitrogens with zero attached hydrogens (tertiary/aromatic N) is 1. The molecule has 1 aromatic heterocycles. The van der Waals surface area contributed by atoms with Crippen LogP contribution in [0.5, 0.6) is 5.75 Å². The lowest BCUT2D eigenvalue weighted by atomic mass is 10.3. The van der Waals surface area contributed by atoms with E-state index in [1.54, 1.807) is 12.4 Å². The molecule has 2 rings (SSSR count). The number of pyridine rings is 1. The molecule has 0 unspecified atom stereocenters. The fourth-order valence-electron chi connectivity index (χ4n) is 0.966. The van der Waals surface area contributed by atoms with Gasteiger partial charge in [-0.25, -0.2) is 0 Å². The molecule has 0 saturated heterocycles. The zero-order chi connectivity index (χ0) is 8.44. The fourth-order valence-corrected chi connectivity index (χ4v) is 0.966. The Morgan fingerprint density at radius 3 is 2.67 bits per heavy atom. The van der Waals surface area contributed by atoms with Crippen molar-refractivity contribution in [2.45, 2.75) is 18.4 Å². The minimum atomic E-state index is -0.0384. The van der Waals surface area contributed by atoms with Crippen molar-refractivity contribution in [2.24, 2.45) is 5.73 Å². The van der Waals surface area contributed by atoms with E-state index < -0.39 is 0 Å². The third-order valence-corrected chi connectivity index (χ3v) is 2.07. The van der Waals surface area contributed by atoms with E-state index in [9.17, 15) is 0 Å². The van der Waals surface area contributed by atoms with Gasteiger partial charge < -0.3 is 10.5 Å². The molecule has 3 nitrogen and oxygen atoms in total. The predicted octanol–water partition coefficient (Wildman–Crippen LogP) is 0.952. The maximum absolute atomic E-state index is 5.85. The van der Waals surface area contributed by atoms with Crippen LogP contribution in [-0.2, 0) is 0 Å². The number of hydrogen-bond acceptors (Lipinski definition) is 3. The Morgan fingerprint density at radius 2 is 2.08 bits per heavy atom. The van der Waals surface area contributed by atoms with E-state index in [1.165, 1.54) is 0 Å². The molecule has 0 bridgehead atoms. The van der Waals surface area contributed by atoms with Gasteiger partial charge in [-0.1, -0.05) is 0 Å². The Morgan fingerprint density at radius 1 is 1.42 bits per heavy atom. The molecule has 1 aromatic rings. The molecule has 0 spiro atoms. The molecule has 1 fully saturated rings. The van der Waals surface area contributed by atoms with E-state index in [0.29, 0.717) is 6.61 Å². The minimum Gasteiger partial charge on any atom is -0.492 e. The van der Waals surface area contributed by atoms with Gasteiger partial charge in [0.15, 0.2) is 0 Å². The van der Waals surface area contributed by atoms with Crippen LogP contribution in [0.4, 0.5) is 0 Å². The van der Waals surface area contributed by atoms with Crippen LogP contribution in [0.3, 0.4) is 0 Å². The van der Waals surface area contributed by atoms with Gasteiger partial charge in [0, 0.05) is 12.4 Å². The summed E-state index contributed by atoms with van der Waals surface area (Å²) in [7, 11) is 0.